The van der Waals surface area contributed by atoms with Gasteiger partial charge in [-0.15, -0.1) is 0 Å². The molecular weight excluding hydrogens is 1280 g/mol. The van der Waals surface area contributed by atoms with Crippen molar-refractivity contribution in [1.82, 2.24) is 0 Å². The summed E-state index contributed by atoms with van der Waals surface area (Å²) in [5.74, 6) is 1.02. The fourth-order valence-corrected chi connectivity index (χ4v) is 13.6. The lowest BCUT2D eigenvalue weighted by Crippen LogP contribution is -2.30. The Balaban J connectivity index is 5.19. The maximum atomic E-state index is 13.1. The smallest absolute Gasteiger partial charge is 0.462 e. The Hall–Kier alpha value is -1.94. The number of phosphoric acid groups is 2. The van der Waals surface area contributed by atoms with Gasteiger partial charge >= 0.3 is 39.5 Å². The molecule has 0 aliphatic heterocycles. The molecule has 0 saturated heterocycles. The maximum Gasteiger partial charge on any atom is 0.472 e. The number of carbonyl (C=O) groups is 4. The van der Waals surface area contributed by atoms with Gasteiger partial charge in [-0.1, -0.05) is 351 Å². The first-order valence-corrected chi connectivity index (χ1v) is 43.8. The van der Waals surface area contributed by atoms with Crippen LogP contribution in [-0.2, 0) is 65.4 Å². The first-order valence-electron chi connectivity index (χ1n) is 40.8. The highest BCUT2D eigenvalue weighted by molar-refractivity contribution is 7.47. The van der Waals surface area contributed by atoms with Gasteiger partial charge in [0, 0.05) is 25.7 Å². The molecule has 0 radical (unpaired) electrons. The average Bonchev–Trinajstić information content (AvgIpc) is 1.05. The first kappa shape index (κ1) is 96.1. The molecule has 0 saturated carbocycles. The zero-order valence-corrected chi connectivity index (χ0v) is 66.2. The molecule has 0 spiro atoms. The van der Waals surface area contributed by atoms with Gasteiger partial charge in [0.25, 0.3) is 0 Å². The van der Waals surface area contributed by atoms with Crippen LogP contribution in [0.3, 0.4) is 0 Å². The SMILES string of the molecule is CCC(C)CCCCCCCCCCCCCCCCCCCCC(=O)O[C@H](COC(=O)CCCCCCCCC(C)CC)COP(=O)(O)OC[C@H](O)COP(=O)(O)OC[C@@H](COC(=O)CCCCCCCCCCCCCC(C)C)OC(=O)CCCCCCCCCCC(C)CC. The predicted octanol–water partition coefficient (Wildman–Crippen LogP) is 23.2. The lowest BCUT2D eigenvalue weighted by atomic mass is 9.99. The number of hydrogen-bond acceptors (Lipinski definition) is 15. The Bertz CT molecular complexity index is 1930. The molecule has 5 unspecified atom stereocenters. The summed E-state index contributed by atoms with van der Waals surface area (Å²) in [6, 6.07) is 0. The van der Waals surface area contributed by atoms with Crippen molar-refractivity contribution in [2.24, 2.45) is 23.7 Å². The van der Waals surface area contributed by atoms with Gasteiger partial charge in [0.05, 0.1) is 26.4 Å². The number of esters is 4. The lowest BCUT2D eigenvalue weighted by molar-refractivity contribution is -0.161. The second-order valence-corrected chi connectivity index (χ2v) is 32.6. The highest BCUT2D eigenvalue weighted by Crippen LogP contribution is 2.45. The van der Waals surface area contributed by atoms with E-state index < -0.39 is 97.5 Å². The second kappa shape index (κ2) is 68.2. The molecule has 8 atom stereocenters. The quantitative estimate of drug-likeness (QED) is 0.0222. The summed E-state index contributed by atoms with van der Waals surface area (Å²) in [7, 11) is -9.92. The van der Waals surface area contributed by atoms with Crippen LogP contribution < -0.4 is 0 Å². The van der Waals surface area contributed by atoms with E-state index in [-0.39, 0.29) is 25.7 Å². The molecule has 98 heavy (non-hydrogen) atoms. The van der Waals surface area contributed by atoms with Crippen molar-refractivity contribution in [2.45, 2.75) is 420 Å². The number of ether oxygens (including phenoxy) is 4. The van der Waals surface area contributed by atoms with E-state index in [4.69, 9.17) is 37.0 Å². The predicted molar refractivity (Wildman–Crippen MR) is 400 cm³/mol. The van der Waals surface area contributed by atoms with Crippen LogP contribution in [0.5, 0.6) is 0 Å². The van der Waals surface area contributed by atoms with Crippen LogP contribution in [0.2, 0.25) is 0 Å². The summed E-state index contributed by atoms with van der Waals surface area (Å²) in [5.41, 5.74) is 0. The Kier molecular flexibility index (Phi) is 66.8. The lowest BCUT2D eigenvalue weighted by Gasteiger charge is -2.21. The van der Waals surface area contributed by atoms with Crippen LogP contribution >= 0.6 is 15.6 Å². The van der Waals surface area contributed by atoms with Crippen molar-refractivity contribution in [2.75, 3.05) is 39.6 Å². The van der Waals surface area contributed by atoms with Crippen molar-refractivity contribution >= 4 is 39.5 Å². The van der Waals surface area contributed by atoms with Crippen molar-refractivity contribution in [3.8, 4) is 0 Å². The number of rotatable bonds is 76. The molecule has 0 fully saturated rings. The number of aliphatic hydroxyl groups excluding tert-OH is 1. The van der Waals surface area contributed by atoms with Crippen molar-refractivity contribution < 1.29 is 80.2 Å². The molecule has 3 N–H and O–H groups in total. The molecule has 582 valence electrons. The van der Waals surface area contributed by atoms with Gasteiger partial charge in [-0.3, -0.25) is 37.3 Å². The van der Waals surface area contributed by atoms with Gasteiger partial charge in [-0.05, 0) is 49.4 Å². The van der Waals surface area contributed by atoms with Crippen LogP contribution in [0.25, 0.3) is 0 Å². The number of aliphatic hydroxyl groups is 1. The molecule has 0 aliphatic rings. The van der Waals surface area contributed by atoms with Gasteiger partial charge in [0.2, 0.25) is 0 Å². The minimum absolute atomic E-state index is 0.105. The van der Waals surface area contributed by atoms with E-state index in [0.717, 1.165) is 120 Å². The normalized spacial score (nSPS) is 14.9. The summed E-state index contributed by atoms with van der Waals surface area (Å²) in [4.78, 5) is 72.9. The van der Waals surface area contributed by atoms with E-state index in [0.29, 0.717) is 25.7 Å². The molecule has 0 aromatic heterocycles. The zero-order valence-electron chi connectivity index (χ0n) is 64.4. The molecule has 19 heteroatoms. The van der Waals surface area contributed by atoms with Crippen LogP contribution in [-0.4, -0.2) is 96.7 Å². The van der Waals surface area contributed by atoms with Gasteiger partial charge in [0.1, 0.15) is 19.3 Å². The molecule has 0 rings (SSSR count). The number of phosphoric ester groups is 2. The third kappa shape index (κ3) is 68.5. The largest absolute Gasteiger partial charge is 0.472 e. The van der Waals surface area contributed by atoms with E-state index in [1.54, 1.807) is 0 Å². The van der Waals surface area contributed by atoms with Crippen LogP contribution in [0, 0.1) is 23.7 Å². The third-order valence-corrected chi connectivity index (χ3v) is 21.3. The Morgan fingerprint density at radius 3 is 0.724 bits per heavy atom. The number of carbonyl (C=O) groups excluding carboxylic acids is 4. The molecule has 0 aromatic rings. The van der Waals surface area contributed by atoms with E-state index in [2.05, 4.69) is 55.4 Å². The fraction of sp³-hybridized carbons (Fsp3) is 0.949. The summed E-state index contributed by atoms with van der Waals surface area (Å²) in [6.45, 7) is 14.2. The maximum absolute atomic E-state index is 13.1. The molecule has 0 aromatic carbocycles. The molecule has 0 bridgehead atoms. The Morgan fingerprint density at radius 1 is 0.286 bits per heavy atom. The molecule has 0 aliphatic carbocycles. The summed E-state index contributed by atoms with van der Waals surface area (Å²) in [5, 5.41) is 10.6. The Morgan fingerprint density at radius 2 is 0.490 bits per heavy atom. The molecule has 0 heterocycles. The van der Waals surface area contributed by atoms with Gasteiger partial charge in [-0.25, -0.2) is 9.13 Å². The van der Waals surface area contributed by atoms with Gasteiger partial charge < -0.3 is 33.8 Å². The van der Waals surface area contributed by atoms with E-state index in [9.17, 15) is 43.2 Å². The third-order valence-electron chi connectivity index (χ3n) is 19.4. The highest BCUT2D eigenvalue weighted by Gasteiger charge is 2.30. The zero-order chi connectivity index (χ0) is 72.4. The first-order chi connectivity index (χ1) is 47.2. The van der Waals surface area contributed by atoms with E-state index >= 15 is 0 Å². The van der Waals surface area contributed by atoms with Crippen molar-refractivity contribution in [3.05, 3.63) is 0 Å². The number of unbranched alkanes of at least 4 members (excludes halogenated alkanes) is 39. The summed E-state index contributed by atoms with van der Waals surface area (Å²) < 4.78 is 68.6. The second-order valence-electron chi connectivity index (χ2n) is 29.7. The molecule has 17 nitrogen and oxygen atoms in total. The van der Waals surface area contributed by atoms with Crippen molar-refractivity contribution in [1.29, 1.82) is 0 Å². The molecule has 0 amide bonds. The van der Waals surface area contributed by atoms with Gasteiger partial charge in [0.15, 0.2) is 12.2 Å². The minimum atomic E-state index is -4.96. The van der Waals surface area contributed by atoms with Crippen LogP contribution in [0.15, 0.2) is 0 Å². The Labute approximate surface area is 600 Å². The summed E-state index contributed by atoms with van der Waals surface area (Å²) in [6.07, 6.45) is 54.1. The van der Waals surface area contributed by atoms with Crippen LogP contribution in [0.4, 0.5) is 0 Å². The topological polar surface area (TPSA) is 237 Å². The molecular formula is C79H154O17P2. The van der Waals surface area contributed by atoms with E-state index in [1.165, 1.54) is 199 Å². The number of hydrogen-bond donors (Lipinski definition) is 3. The minimum Gasteiger partial charge on any atom is -0.462 e. The van der Waals surface area contributed by atoms with Gasteiger partial charge in [-0.2, -0.15) is 0 Å². The highest BCUT2D eigenvalue weighted by atomic mass is 31.2. The van der Waals surface area contributed by atoms with E-state index in [1.807, 2.05) is 0 Å². The monoisotopic (exact) mass is 1440 g/mol. The van der Waals surface area contributed by atoms with Crippen LogP contribution in [0.1, 0.15) is 402 Å². The van der Waals surface area contributed by atoms with Crippen molar-refractivity contribution in [3.63, 3.8) is 0 Å². The average molecular weight is 1440 g/mol. The standard InChI is InChI=1S/C79H154O17P2/c1-9-70(6)56-48-40-32-26-22-18-16-14-12-13-15-17-19-23-28-35-45-53-61-78(83)95-75(66-90-77(82)60-52-44-38-37-42-50-58-72(8)11-3)68-94-98(87,88)92-64-73(80)63-91-97(85,86)93-67-74(96-79(84)62-54-46-36-30-29-33-41-49-57-71(7)10-2)65-89-76(81)59-51-43-34-27-24-20-21-25-31-39-47-55-69(4)5/h69-75,80H,9-68H2,1-8H3,(H,85,86)(H,87,88)/t70?,71?,72?,73-,74-,75-/m1/s1. The summed E-state index contributed by atoms with van der Waals surface area (Å²) >= 11 is 0. The fourth-order valence-electron chi connectivity index (χ4n) is 12.0.